The van der Waals surface area contributed by atoms with Gasteiger partial charge in [0.25, 0.3) is 5.69 Å². The lowest BCUT2D eigenvalue weighted by molar-refractivity contribution is -0.628. The van der Waals surface area contributed by atoms with Gasteiger partial charge in [0, 0.05) is 6.07 Å². The Balaban J connectivity index is 3.19. The summed E-state index contributed by atoms with van der Waals surface area (Å²) >= 11 is 0. The molecule has 0 atom stereocenters. The Labute approximate surface area is 65.8 Å². The molecule has 0 unspecified atom stereocenters. The first kappa shape index (κ1) is 8.63. The minimum Gasteiger partial charge on any atom is -0.618 e. The molecule has 0 radical (unpaired) electrons. The van der Waals surface area contributed by atoms with E-state index in [1.165, 1.54) is 0 Å². The summed E-state index contributed by atoms with van der Waals surface area (Å²) < 4.78 is 35.5. The van der Waals surface area contributed by atoms with Gasteiger partial charge in [-0.05, 0) is 6.07 Å². The van der Waals surface area contributed by atoms with Crippen molar-refractivity contribution in [2.24, 2.45) is 0 Å². The molecule has 1 aromatic heterocycles. The molecule has 3 nitrogen and oxygen atoms in total. The SMILES string of the molecule is Nc1ccc(C(F)(F)F)[n+]([O-])c1. The molecule has 0 fully saturated rings. The monoisotopic (exact) mass is 178 g/mol. The quantitative estimate of drug-likeness (QED) is 0.474. The zero-order chi connectivity index (χ0) is 9.35. The summed E-state index contributed by atoms with van der Waals surface area (Å²) in [6.07, 6.45) is -3.96. The van der Waals surface area contributed by atoms with Crippen LogP contribution in [0.1, 0.15) is 5.69 Å². The van der Waals surface area contributed by atoms with Crippen LogP contribution in [0.4, 0.5) is 18.9 Å². The number of nitrogens with zero attached hydrogens (tertiary/aromatic N) is 1. The average Bonchev–Trinajstić information content (AvgIpc) is 1.83. The van der Waals surface area contributed by atoms with E-state index in [1.807, 2.05) is 0 Å². The van der Waals surface area contributed by atoms with Gasteiger partial charge in [0.15, 0.2) is 0 Å². The Bertz CT molecular complexity index is 297. The van der Waals surface area contributed by atoms with E-state index >= 15 is 0 Å². The van der Waals surface area contributed by atoms with Crippen LogP contribution in [-0.2, 0) is 6.18 Å². The largest absolute Gasteiger partial charge is 0.618 e. The predicted octanol–water partition coefficient (Wildman–Crippen LogP) is 0.921. The van der Waals surface area contributed by atoms with E-state index in [0.717, 1.165) is 6.07 Å². The van der Waals surface area contributed by atoms with Crippen molar-refractivity contribution < 1.29 is 17.9 Å². The fraction of sp³-hybridized carbons (Fsp3) is 0.167. The van der Waals surface area contributed by atoms with Crippen LogP contribution in [0.5, 0.6) is 0 Å². The molecule has 2 N–H and O–H groups in total. The summed E-state index contributed by atoms with van der Waals surface area (Å²) in [6.45, 7) is 0. The molecule has 1 rings (SSSR count). The van der Waals surface area contributed by atoms with Crippen LogP contribution < -0.4 is 10.5 Å². The average molecular weight is 178 g/mol. The summed E-state index contributed by atoms with van der Waals surface area (Å²) in [5.41, 5.74) is 3.81. The summed E-state index contributed by atoms with van der Waals surface area (Å²) in [5, 5.41) is 10.6. The van der Waals surface area contributed by atoms with Crippen molar-refractivity contribution in [3.8, 4) is 0 Å². The van der Waals surface area contributed by atoms with Crippen molar-refractivity contribution >= 4 is 5.69 Å². The van der Waals surface area contributed by atoms with E-state index in [2.05, 4.69) is 0 Å². The van der Waals surface area contributed by atoms with Gasteiger partial charge in [-0.2, -0.15) is 17.9 Å². The van der Waals surface area contributed by atoms with Gasteiger partial charge < -0.3 is 10.9 Å². The van der Waals surface area contributed by atoms with Crippen molar-refractivity contribution in [1.82, 2.24) is 0 Å². The summed E-state index contributed by atoms with van der Waals surface area (Å²) in [4.78, 5) is 0. The van der Waals surface area contributed by atoms with Gasteiger partial charge in [-0.3, -0.25) is 0 Å². The maximum Gasteiger partial charge on any atom is 0.478 e. The fourth-order valence-corrected chi connectivity index (χ4v) is 0.716. The first-order valence-corrected chi connectivity index (χ1v) is 2.97. The van der Waals surface area contributed by atoms with Crippen molar-refractivity contribution in [2.45, 2.75) is 6.18 Å². The lowest BCUT2D eigenvalue weighted by atomic mass is 10.3. The van der Waals surface area contributed by atoms with Gasteiger partial charge in [-0.15, -0.1) is 0 Å². The molecule has 0 saturated heterocycles. The van der Waals surface area contributed by atoms with Gasteiger partial charge in [0.05, 0.1) is 5.69 Å². The minimum atomic E-state index is -4.63. The number of hydrogen-bond acceptors (Lipinski definition) is 2. The number of nitrogens with two attached hydrogens (primary N) is 1. The molecule has 6 heteroatoms. The van der Waals surface area contributed by atoms with Crippen molar-refractivity contribution in [3.63, 3.8) is 0 Å². The number of nitrogen functional groups attached to an aromatic ring is 1. The molecule has 0 aromatic carbocycles. The van der Waals surface area contributed by atoms with Crippen LogP contribution in [0.25, 0.3) is 0 Å². The lowest BCUT2D eigenvalue weighted by Crippen LogP contribution is -2.36. The smallest absolute Gasteiger partial charge is 0.478 e. The molecular formula is C6H5F3N2O. The Hall–Kier alpha value is -1.46. The second kappa shape index (κ2) is 2.54. The van der Waals surface area contributed by atoms with Gasteiger partial charge >= 0.3 is 6.18 Å². The Morgan fingerprint density at radius 1 is 1.33 bits per heavy atom. The van der Waals surface area contributed by atoms with E-state index in [0.29, 0.717) is 12.3 Å². The van der Waals surface area contributed by atoms with Crippen LogP contribution in [0.2, 0.25) is 0 Å². The Kier molecular flexibility index (Phi) is 1.83. The molecule has 12 heavy (non-hydrogen) atoms. The first-order valence-electron chi connectivity index (χ1n) is 2.97. The van der Waals surface area contributed by atoms with Crippen LogP contribution in [0.3, 0.4) is 0 Å². The van der Waals surface area contributed by atoms with Crippen LogP contribution in [0.15, 0.2) is 18.3 Å². The summed E-state index contributed by atoms with van der Waals surface area (Å²) in [7, 11) is 0. The Morgan fingerprint density at radius 2 is 1.92 bits per heavy atom. The fourth-order valence-electron chi connectivity index (χ4n) is 0.716. The number of pyridine rings is 1. The highest BCUT2D eigenvalue weighted by Gasteiger charge is 2.39. The van der Waals surface area contributed by atoms with E-state index < -0.39 is 11.9 Å². The molecule has 0 aliphatic heterocycles. The van der Waals surface area contributed by atoms with E-state index in [9.17, 15) is 18.4 Å². The molecule has 1 aromatic rings. The van der Waals surface area contributed by atoms with Crippen molar-refractivity contribution in [3.05, 3.63) is 29.2 Å². The molecule has 0 aliphatic carbocycles. The summed E-state index contributed by atoms with van der Waals surface area (Å²) in [6, 6.07) is 1.67. The first-order chi connectivity index (χ1) is 5.41. The number of aromatic nitrogens is 1. The number of halogens is 3. The molecule has 0 bridgehead atoms. The number of hydrogen-bond donors (Lipinski definition) is 1. The molecule has 1 heterocycles. The van der Waals surface area contributed by atoms with Gasteiger partial charge in [-0.1, -0.05) is 0 Å². The molecule has 66 valence electrons. The number of alkyl halides is 3. The summed E-state index contributed by atoms with van der Waals surface area (Å²) in [5.74, 6) is 0. The predicted molar refractivity (Wildman–Crippen MR) is 34.8 cm³/mol. The van der Waals surface area contributed by atoms with Crippen LogP contribution in [0, 0.1) is 5.21 Å². The van der Waals surface area contributed by atoms with E-state index in [4.69, 9.17) is 5.73 Å². The molecule has 0 saturated carbocycles. The van der Waals surface area contributed by atoms with Gasteiger partial charge in [0.2, 0.25) is 6.20 Å². The van der Waals surface area contributed by atoms with Crippen LogP contribution in [-0.4, -0.2) is 0 Å². The topological polar surface area (TPSA) is 53.0 Å². The third kappa shape index (κ3) is 1.58. The van der Waals surface area contributed by atoms with Crippen molar-refractivity contribution in [1.29, 1.82) is 0 Å². The van der Waals surface area contributed by atoms with E-state index in [-0.39, 0.29) is 10.4 Å². The normalized spacial score (nSPS) is 11.6. The zero-order valence-corrected chi connectivity index (χ0v) is 5.80. The number of anilines is 1. The van der Waals surface area contributed by atoms with Crippen LogP contribution >= 0.6 is 0 Å². The second-order valence-corrected chi connectivity index (χ2v) is 2.17. The highest BCUT2D eigenvalue weighted by molar-refractivity contribution is 5.32. The third-order valence-electron chi connectivity index (χ3n) is 1.23. The van der Waals surface area contributed by atoms with E-state index in [1.54, 1.807) is 0 Å². The molecule has 0 amide bonds. The highest BCUT2D eigenvalue weighted by Crippen LogP contribution is 2.26. The maximum absolute atomic E-state index is 11.9. The third-order valence-corrected chi connectivity index (χ3v) is 1.23. The Morgan fingerprint density at radius 3 is 2.33 bits per heavy atom. The zero-order valence-electron chi connectivity index (χ0n) is 5.80. The minimum absolute atomic E-state index is 0.00185. The number of rotatable bonds is 0. The van der Waals surface area contributed by atoms with Crippen molar-refractivity contribution in [2.75, 3.05) is 5.73 Å². The standard InChI is InChI=1S/C6H5F3N2O/c7-6(8,9)5-2-1-4(10)3-11(5)12/h1-3H,10H2. The van der Waals surface area contributed by atoms with Gasteiger partial charge in [0.1, 0.15) is 0 Å². The second-order valence-electron chi connectivity index (χ2n) is 2.17. The molecule has 0 aliphatic rings. The molecular weight excluding hydrogens is 173 g/mol. The highest BCUT2D eigenvalue weighted by atomic mass is 19.4. The lowest BCUT2D eigenvalue weighted by Gasteiger charge is -2.06. The van der Waals surface area contributed by atoms with Gasteiger partial charge in [-0.25, -0.2) is 0 Å². The maximum atomic E-state index is 11.9. The molecule has 0 spiro atoms.